The number of ether oxygens (including phenoxy) is 1. The molecule has 1 aromatic carbocycles. The monoisotopic (exact) mass is 457 g/mol. The molecule has 2 unspecified atom stereocenters. The average Bonchev–Trinajstić information content (AvgIpc) is 2.72. The van der Waals surface area contributed by atoms with Crippen LogP contribution in [-0.4, -0.2) is 42.0 Å². The van der Waals surface area contributed by atoms with Gasteiger partial charge in [0, 0.05) is 23.7 Å². The van der Waals surface area contributed by atoms with Crippen LogP contribution in [0.25, 0.3) is 5.57 Å². The Hall–Kier alpha value is -3.20. The van der Waals surface area contributed by atoms with Gasteiger partial charge in [-0.05, 0) is 36.5 Å². The fraction of sp³-hybridized carbons (Fsp3) is 0.409. The highest BCUT2D eigenvalue weighted by Gasteiger charge is 2.26. The lowest BCUT2D eigenvalue weighted by Gasteiger charge is -2.35. The van der Waals surface area contributed by atoms with E-state index in [1.807, 2.05) is 4.90 Å². The van der Waals surface area contributed by atoms with Crippen molar-refractivity contribution in [3.63, 3.8) is 0 Å². The highest BCUT2D eigenvalue weighted by atomic mass is 35.5. The van der Waals surface area contributed by atoms with Gasteiger partial charge in [0.2, 0.25) is 5.95 Å². The molecule has 10 heteroatoms. The second-order valence-electron chi connectivity index (χ2n) is 8.40. The zero-order valence-electron chi connectivity index (χ0n) is 18.1. The van der Waals surface area contributed by atoms with Gasteiger partial charge in [-0.2, -0.15) is 9.98 Å². The number of fused-ring (bicyclic) bond motifs is 1. The summed E-state index contributed by atoms with van der Waals surface area (Å²) in [7, 11) is 1.46. The molecule has 9 nitrogen and oxygen atoms in total. The molecule has 0 bridgehead atoms. The third kappa shape index (κ3) is 4.38. The molecule has 1 saturated heterocycles. The predicted molar refractivity (Wildman–Crippen MR) is 120 cm³/mol. The SMILES string of the molecule is COc1ccc(Cl)cc1NC(=O)C1=c2c(nc(N3CC(C)CC(C)C3)[nH]c2=O)=NC(=O)C1. The number of amides is 2. The molecule has 0 saturated carbocycles. The summed E-state index contributed by atoms with van der Waals surface area (Å²) < 4.78 is 5.25. The molecule has 2 aliphatic rings. The molecule has 4 rings (SSSR count). The Kier molecular flexibility index (Phi) is 6.01. The van der Waals surface area contributed by atoms with E-state index in [9.17, 15) is 14.4 Å². The van der Waals surface area contributed by atoms with E-state index in [0.717, 1.165) is 19.5 Å². The third-order valence-electron chi connectivity index (χ3n) is 5.60. The first kappa shape index (κ1) is 22.0. The van der Waals surface area contributed by atoms with Gasteiger partial charge < -0.3 is 15.0 Å². The Labute approximate surface area is 189 Å². The number of anilines is 2. The summed E-state index contributed by atoms with van der Waals surface area (Å²) in [5, 5.41) is 3.08. The first-order chi connectivity index (χ1) is 15.2. The lowest BCUT2D eigenvalue weighted by atomic mass is 9.92. The van der Waals surface area contributed by atoms with Crippen LogP contribution in [0.4, 0.5) is 11.6 Å². The number of carbonyl (C=O) groups excluding carboxylic acids is 2. The number of piperidine rings is 1. The van der Waals surface area contributed by atoms with Crippen molar-refractivity contribution < 1.29 is 14.3 Å². The predicted octanol–water partition coefficient (Wildman–Crippen LogP) is 1.25. The Morgan fingerprint density at radius 1 is 1.25 bits per heavy atom. The minimum Gasteiger partial charge on any atom is -0.495 e. The number of hydrogen-bond acceptors (Lipinski definition) is 6. The Bertz CT molecular complexity index is 1260. The number of H-pyrrole nitrogens is 1. The van der Waals surface area contributed by atoms with Gasteiger partial charge in [-0.15, -0.1) is 0 Å². The Morgan fingerprint density at radius 3 is 2.66 bits per heavy atom. The van der Waals surface area contributed by atoms with Crippen molar-refractivity contribution in [2.24, 2.45) is 16.8 Å². The third-order valence-corrected chi connectivity index (χ3v) is 5.84. The maximum atomic E-state index is 13.0. The first-order valence-corrected chi connectivity index (χ1v) is 10.8. The zero-order chi connectivity index (χ0) is 23.0. The van der Waals surface area contributed by atoms with E-state index in [-0.39, 0.29) is 22.7 Å². The summed E-state index contributed by atoms with van der Waals surface area (Å²) in [4.78, 5) is 51.5. The van der Waals surface area contributed by atoms with Gasteiger partial charge in [0.05, 0.1) is 24.4 Å². The highest BCUT2D eigenvalue weighted by Crippen LogP contribution is 2.28. The summed E-state index contributed by atoms with van der Waals surface area (Å²) in [5.74, 6) is 0.493. The number of nitrogens with one attached hydrogen (secondary N) is 2. The number of aromatic amines is 1. The number of hydrogen-bond donors (Lipinski definition) is 2. The van der Waals surface area contributed by atoms with Crippen LogP contribution in [0.2, 0.25) is 5.02 Å². The van der Waals surface area contributed by atoms with Crippen LogP contribution in [0.1, 0.15) is 26.7 Å². The minimum absolute atomic E-state index is 0.00251. The van der Waals surface area contributed by atoms with Gasteiger partial charge in [-0.1, -0.05) is 25.4 Å². The van der Waals surface area contributed by atoms with Crippen molar-refractivity contribution in [2.75, 3.05) is 30.4 Å². The van der Waals surface area contributed by atoms with Crippen LogP contribution in [0, 0.1) is 11.8 Å². The van der Waals surface area contributed by atoms with E-state index in [1.54, 1.807) is 12.1 Å². The molecule has 2 amide bonds. The number of aromatic nitrogens is 2. The van der Waals surface area contributed by atoms with Gasteiger partial charge in [-0.3, -0.25) is 19.4 Å². The van der Waals surface area contributed by atoms with Gasteiger partial charge in [-0.25, -0.2) is 0 Å². The molecular formula is C22H24ClN5O4. The van der Waals surface area contributed by atoms with Crippen molar-refractivity contribution in [3.05, 3.63) is 44.3 Å². The smallest absolute Gasteiger partial charge is 0.262 e. The highest BCUT2D eigenvalue weighted by molar-refractivity contribution is 6.31. The number of methoxy groups -OCH3 is 1. The number of halogens is 1. The molecular weight excluding hydrogens is 434 g/mol. The van der Waals surface area contributed by atoms with Gasteiger partial charge >= 0.3 is 0 Å². The first-order valence-electron chi connectivity index (χ1n) is 10.4. The molecule has 3 heterocycles. The van der Waals surface area contributed by atoms with Crippen LogP contribution in [0.3, 0.4) is 0 Å². The lowest BCUT2D eigenvalue weighted by molar-refractivity contribution is -0.118. The molecule has 0 spiro atoms. The quantitative estimate of drug-likeness (QED) is 0.713. The van der Waals surface area contributed by atoms with E-state index in [4.69, 9.17) is 16.3 Å². The zero-order valence-corrected chi connectivity index (χ0v) is 18.8. The van der Waals surface area contributed by atoms with Crippen LogP contribution in [0.5, 0.6) is 5.75 Å². The molecule has 168 valence electrons. The molecule has 1 aromatic heterocycles. The van der Waals surface area contributed by atoms with E-state index in [1.165, 1.54) is 13.2 Å². The second kappa shape index (κ2) is 8.74. The molecule has 2 atom stereocenters. The summed E-state index contributed by atoms with van der Waals surface area (Å²) in [6.45, 7) is 5.78. The maximum Gasteiger partial charge on any atom is 0.262 e. The lowest BCUT2D eigenvalue weighted by Crippen LogP contribution is -2.51. The summed E-state index contributed by atoms with van der Waals surface area (Å²) >= 11 is 6.03. The molecule has 1 fully saturated rings. The fourth-order valence-corrected chi connectivity index (χ4v) is 4.53. The van der Waals surface area contributed by atoms with Crippen LogP contribution < -0.4 is 31.2 Å². The maximum absolute atomic E-state index is 13.0. The topological polar surface area (TPSA) is 117 Å². The van der Waals surface area contributed by atoms with Gasteiger partial charge in [0.15, 0.2) is 5.49 Å². The molecule has 2 N–H and O–H groups in total. The Balaban J connectivity index is 1.77. The molecule has 0 radical (unpaired) electrons. The fourth-order valence-electron chi connectivity index (χ4n) is 4.36. The van der Waals surface area contributed by atoms with E-state index in [0.29, 0.717) is 34.2 Å². The van der Waals surface area contributed by atoms with Crippen molar-refractivity contribution in [1.82, 2.24) is 9.97 Å². The van der Waals surface area contributed by atoms with E-state index >= 15 is 0 Å². The summed E-state index contributed by atoms with van der Waals surface area (Å²) in [5.41, 5.74) is -0.210. The van der Waals surface area contributed by atoms with Crippen molar-refractivity contribution in [2.45, 2.75) is 26.7 Å². The number of nitrogens with zero attached hydrogens (tertiary/aromatic N) is 3. The van der Waals surface area contributed by atoms with Crippen LogP contribution in [-0.2, 0) is 9.59 Å². The Morgan fingerprint density at radius 2 is 1.97 bits per heavy atom. The summed E-state index contributed by atoms with van der Waals surface area (Å²) in [6, 6.07) is 4.76. The average molecular weight is 458 g/mol. The molecule has 32 heavy (non-hydrogen) atoms. The summed E-state index contributed by atoms with van der Waals surface area (Å²) in [6.07, 6.45) is 0.795. The van der Waals surface area contributed by atoms with E-state index < -0.39 is 17.4 Å². The minimum atomic E-state index is -0.615. The number of carbonyl (C=O) groups is 2. The van der Waals surface area contributed by atoms with Gasteiger partial charge in [0.1, 0.15) is 5.75 Å². The molecule has 0 aliphatic carbocycles. The van der Waals surface area contributed by atoms with Crippen LogP contribution >= 0.6 is 11.6 Å². The normalized spacial score (nSPS) is 20.4. The largest absolute Gasteiger partial charge is 0.495 e. The molecule has 2 aromatic rings. The number of benzene rings is 1. The second-order valence-corrected chi connectivity index (χ2v) is 8.84. The van der Waals surface area contributed by atoms with E-state index in [2.05, 4.69) is 34.1 Å². The van der Waals surface area contributed by atoms with Crippen LogP contribution in [0.15, 0.2) is 28.0 Å². The van der Waals surface area contributed by atoms with Crippen molar-refractivity contribution >= 4 is 40.6 Å². The number of rotatable bonds is 4. The molecule has 2 aliphatic heterocycles. The van der Waals surface area contributed by atoms with Gasteiger partial charge in [0.25, 0.3) is 17.4 Å². The van der Waals surface area contributed by atoms with Crippen molar-refractivity contribution in [3.8, 4) is 5.75 Å². The van der Waals surface area contributed by atoms with Crippen molar-refractivity contribution in [1.29, 1.82) is 0 Å². The standard InChI is InChI=1S/C22H24ClN5O4/c1-11-6-12(2)10-28(9-11)22-26-19-18(21(31)27-22)14(8-17(29)25-19)20(30)24-15-7-13(23)4-5-16(15)32-3/h4-5,7,11-12H,6,8-10H2,1-3H3,(H,24,30)(H,25,26,27,29,31).